The minimum Gasteiger partial charge on any atom is -0.391 e. The summed E-state index contributed by atoms with van der Waals surface area (Å²) in [7, 11) is 0. The number of rotatable bonds is 8. The van der Waals surface area contributed by atoms with E-state index in [2.05, 4.69) is 5.16 Å². The van der Waals surface area contributed by atoms with E-state index in [0.717, 1.165) is 4.90 Å². The molecular formula is C20H14ClN3O5S. The van der Waals surface area contributed by atoms with Gasteiger partial charge in [-0.3, -0.25) is 20.2 Å². The van der Waals surface area contributed by atoms with Crippen molar-refractivity contribution in [2.75, 3.05) is 0 Å². The zero-order valence-electron chi connectivity index (χ0n) is 15.3. The van der Waals surface area contributed by atoms with Crippen LogP contribution < -0.4 is 0 Å². The van der Waals surface area contributed by atoms with Gasteiger partial charge in [-0.25, -0.2) is 0 Å². The van der Waals surface area contributed by atoms with Crippen molar-refractivity contribution in [3.8, 4) is 0 Å². The maximum absolute atomic E-state index is 11.5. The van der Waals surface area contributed by atoms with Gasteiger partial charge >= 0.3 is 0 Å². The van der Waals surface area contributed by atoms with Crippen molar-refractivity contribution in [2.45, 2.75) is 16.4 Å². The molecule has 10 heteroatoms. The minimum atomic E-state index is -0.482. The van der Waals surface area contributed by atoms with Crippen LogP contribution in [0.15, 0.2) is 81.7 Å². The van der Waals surface area contributed by atoms with E-state index in [4.69, 9.17) is 16.4 Å². The molecule has 3 aromatic rings. The highest BCUT2D eigenvalue weighted by molar-refractivity contribution is 7.99. The van der Waals surface area contributed by atoms with E-state index in [0.29, 0.717) is 21.0 Å². The van der Waals surface area contributed by atoms with E-state index in [1.165, 1.54) is 36.2 Å². The lowest BCUT2D eigenvalue weighted by atomic mass is 10.2. The number of benzene rings is 3. The molecule has 3 rings (SSSR count). The van der Waals surface area contributed by atoms with Gasteiger partial charge < -0.3 is 4.84 Å². The zero-order valence-corrected chi connectivity index (χ0v) is 16.9. The molecule has 0 heterocycles. The summed E-state index contributed by atoms with van der Waals surface area (Å²) in [5, 5.41) is 26.5. The van der Waals surface area contributed by atoms with Crippen LogP contribution in [-0.4, -0.2) is 16.1 Å². The first-order chi connectivity index (χ1) is 14.4. The Bertz CT molecular complexity index is 1090. The quantitative estimate of drug-likeness (QED) is 0.245. The lowest BCUT2D eigenvalue weighted by molar-refractivity contribution is -0.387. The van der Waals surface area contributed by atoms with Crippen LogP contribution >= 0.6 is 23.4 Å². The Labute approximate surface area is 180 Å². The molecular weight excluding hydrogens is 430 g/mol. The molecule has 0 fully saturated rings. The van der Waals surface area contributed by atoms with Gasteiger partial charge in [0.15, 0.2) is 0 Å². The Hall–Kier alpha value is -3.43. The Balaban J connectivity index is 1.65. The second-order valence-electron chi connectivity index (χ2n) is 5.97. The molecule has 0 aliphatic heterocycles. The van der Waals surface area contributed by atoms with Crippen molar-refractivity contribution >= 4 is 41.0 Å². The normalized spacial score (nSPS) is 10.8. The highest BCUT2D eigenvalue weighted by Gasteiger charge is 2.15. The number of oxime groups is 1. The van der Waals surface area contributed by atoms with Crippen LogP contribution in [-0.2, 0) is 11.4 Å². The van der Waals surface area contributed by atoms with Crippen molar-refractivity contribution in [2.24, 2.45) is 5.16 Å². The van der Waals surface area contributed by atoms with Crippen molar-refractivity contribution < 1.29 is 14.7 Å². The molecule has 3 aromatic carbocycles. The zero-order chi connectivity index (χ0) is 21.5. The number of nitro benzene ring substituents is 2. The summed E-state index contributed by atoms with van der Waals surface area (Å²) >= 11 is 7.13. The monoisotopic (exact) mass is 443 g/mol. The molecule has 0 bridgehead atoms. The van der Waals surface area contributed by atoms with Gasteiger partial charge in [0.25, 0.3) is 11.4 Å². The molecule has 152 valence electrons. The van der Waals surface area contributed by atoms with Crippen LogP contribution in [0.4, 0.5) is 11.4 Å². The molecule has 0 aliphatic rings. The van der Waals surface area contributed by atoms with Gasteiger partial charge in [-0.1, -0.05) is 34.6 Å². The van der Waals surface area contributed by atoms with Crippen LogP contribution in [0.3, 0.4) is 0 Å². The number of hydrogen-bond donors (Lipinski definition) is 0. The van der Waals surface area contributed by atoms with Crippen molar-refractivity contribution in [3.05, 3.63) is 103 Å². The minimum absolute atomic E-state index is 0.00822. The molecule has 8 nitrogen and oxygen atoms in total. The fourth-order valence-electron chi connectivity index (χ4n) is 2.40. The largest absolute Gasteiger partial charge is 0.391 e. The number of hydrogen-bond acceptors (Lipinski definition) is 7. The molecule has 0 unspecified atom stereocenters. The predicted molar refractivity (Wildman–Crippen MR) is 114 cm³/mol. The summed E-state index contributed by atoms with van der Waals surface area (Å²) in [5.41, 5.74) is 1.16. The first-order valence-electron chi connectivity index (χ1n) is 8.53. The van der Waals surface area contributed by atoms with Crippen molar-refractivity contribution in [1.29, 1.82) is 0 Å². The van der Waals surface area contributed by atoms with Gasteiger partial charge in [-0.05, 0) is 48.0 Å². The van der Waals surface area contributed by atoms with Gasteiger partial charge in [-0.2, -0.15) is 0 Å². The van der Waals surface area contributed by atoms with Gasteiger partial charge in [0.1, 0.15) is 6.61 Å². The number of nitrogens with zero attached hydrogens (tertiary/aromatic N) is 3. The molecule has 0 radical (unpaired) electrons. The third-order valence-corrected chi connectivity index (χ3v) is 5.20. The summed E-state index contributed by atoms with van der Waals surface area (Å²) < 4.78 is 0. The van der Waals surface area contributed by atoms with Crippen LogP contribution in [0.5, 0.6) is 0 Å². The third kappa shape index (κ3) is 5.79. The second kappa shape index (κ2) is 9.86. The second-order valence-corrected chi connectivity index (χ2v) is 7.52. The smallest absolute Gasteiger partial charge is 0.283 e. The first kappa shape index (κ1) is 21.3. The fraction of sp³-hybridized carbons (Fsp3) is 0.0500. The Kier molecular flexibility index (Phi) is 6.99. The van der Waals surface area contributed by atoms with Crippen LogP contribution in [0.1, 0.15) is 11.1 Å². The van der Waals surface area contributed by atoms with Crippen LogP contribution in [0.2, 0.25) is 5.02 Å². The maximum Gasteiger partial charge on any atom is 0.283 e. The highest BCUT2D eigenvalue weighted by Crippen LogP contribution is 2.35. The predicted octanol–water partition coefficient (Wildman–Crippen LogP) is 5.86. The van der Waals surface area contributed by atoms with E-state index in [1.807, 2.05) is 0 Å². The van der Waals surface area contributed by atoms with Gasteiger partial charge in [0.05, 0.1) is 21.0 Å². The summed E-state index contributed by atoms with van der Waals surface area (Å²) in [6.07, 6.45) is 1.37. The van der Waals surface area contributed by atoms with E-state index in [9.17, 15) is 20.2 Å². The fourth-order valence-corrected chi connectivity index (χ4v) is 3.42. The van der Waals surface area contributed by atoms with E-state index in [1.54, 1.807) is 48.5 Å². The molecule has 0 amide bonds. The summed E-state index contributed by atoms with van der Waals surface area (Å²) in [4.78, 5) is 27.7. The topological polar surface area (TPSA) is 108 Å². The van der Waals surface area contributed by atoms with Crippen LogP contribution in [0, 0.1) is 20.2 Å². The van der Waals surface area contributed by atoms with Crippen molar-refractivity contribution in [3.63, 3.8) is 0 Å². The van der Waals surface area contributed by atoms with Crippen LogP contribution in [0.25, 0.3) is 0 Å². The lowest BCUT2D eigenvalue weighted by Gasteiger charge is -2.04. The molecule has 0 atom stereocenters. The lowest BCUT2D eigenvalue weighted by Crippen LogP contribution is -1.94. The average molecular weight is 444 g/mol. The van der Waals surface area contributed by atoms with Gasteiger partial charge in [0, 0.05) is 33.7 Å². The molecule has 30 heavy (non-hydrogen) atoms. The third-order valence-electron chi connectivity index (χ3n) is 3.88. The van der Waals surface area contributed by atoms with E-state index in [-0.39, 0.29) is 18.0 Å². The number of halogens is 1. The number of nitro groups is 2. The Morgan fingerprint density at radius 2 is 1.67 bits per heavy atom. The van der Waals surface area contributed by atoms with E-state index >= 15 is 0 Å². The Morgan fingerprint density at radius 3 is 2.30 bits per heavy atom. The molecule has 0 spiro atoms. The summed E-state index contributed by atoms with van der Waals surface area (Å²) in [6.45, 7) is 0.112. The van der Waals surface area contributed by atoms with Crippen molar-refractivity contribution in [1.82, 2.24) is 0 Å². The summed E-state index contributed by atoms with van der Waals surface area (Å²) in [5.74, 6) is 0. The average Bonchev–Trinajstić information content (AvgIpc) is 2.74. The molecule has 0 aliphatic carbocycles. The van der Waals surface area contributed by atoms with Gasteiger partial charge in [-0.15, -0.1) is 0 Å². The summed E-state index contributed by atoms with van der Waals surface area (Å²) in [6, 6.07) is 17.7. The molecule has 0 saturated heterocycles. The molecule has 0 N–H and O–H groups in total. The van der Waals surface area contributed by atoms with Gasteiger partial charge in [0.2, 0.25) is 0 Å². The standard InChI is InChI=1S/C20H14ClN3O5S/c21-16-4-8-18(9-5-16)30-20-10-3-15(11-19(20)24(27)28)12-22-29-13-14-1-6-17(7-2-14)23(25)26/h1-12H,13H2. The Morgan fingerprint density at radius 1 is 0.967 bits per heavy atom. The highest BCUT2D eigenvalue weighted by atomic mass is 35.5. The number of non-ortho nitro benzene ring substituents is 1. The van der Waals surface area contributed by atoms with E-state index < -0.39 is 9.85 Å². The molecule has 0 saturated carbocycles. The SMILES string of the molecule is O=[N+]([O-])c1ccc(CON=Cc2ccc(Sc3ccc(Cl)cc3)c([N+](=O)[O-])c2)cc1. The molecule has 0 aromatic heterocycles. The maximum atomic E-state index is 11.5. The first-order valence-corrected chi connectivity index (χ1v) is 9.72.